The van der Waals surface area contributed by atoms with Gasteiger partial charge in [-0.25, -0.2) is 5.84 Å². The lowest BCUT2D eigenvalue weighted by atomic mass is 10.3. The number of allylic oxidation sites excluding steroid dienone is 3. The van der Waals surface area contributed by atoms with Crippen molar-refractivity contribution in [2.75, 3.05) is 7.05 Å². The van der Waals surface area contributed by atoms with Crippen molar-refractivity contribution >= 4 is 6.21 Å². The van der Waals surface area contributed by atoms with Crippen LogP contribution in [-0.2, 0) is 0 Å². The first-order valence-corrected chi connectivity index (χ1v) is 4.97. The SMILES string of the molecule is CC/C=C(/C=C(\C=N/C)[N+](=O)[O-])N(N)/C=C\N. The molecule has 17 heavy (non-hydrogen) atoms. The lowest BCUT2D eigenvalue weighted by Gasteiger charge is -2.13. The summed E-state index contributed by atoms with van der Waals surface area (Å²) in [6.07, 6.45) is 7.56. The maximum absolute atomic E-state index is 10.7. The highest BCUT2D eigenvalue weighted by atomic mass is 16.6. The van der Waals surface area contributed by atoms with Crippen molar-refractivity contribution in [1.82, 2.24) is 5.01 Å². The van der Waals surface area contributed by atoms with E-state index in [-0.39, 0.29) is 5.70 Å². The lowest BCUT2D eigenvalue weighted by Crippen LogP contribution is -2.24. The van der Waals surface area contributed by atoms with Gasteiger partial charge in [0.05, 0.1) is 16.8 Å². The molecule has 0 saturated heterocycles. The highest BCUT2D eigenvalue weighted by Crippen LogP contribution is 2.07. The number of hydrazine groups is 1. The van der Waals surface area contributed by atoms with Gasteiger partial charge in [0.25, 0.3) is 5.70 Å². The molecular formula is C10H17N5O2. The first-order chi connectivity index (χ1) is 8.06. The number of hydrogen-bond donors (Lipinski definition) is 2. The van der Waals surface area contributed by atoms with Crippen molar-refractivity contribution in [1.29, 1.82) is 0 Å². The molecule has 7 heteroatoms. The van der Waals surface area contributed by atoms with E-state index in [4.69, 9.17) is 11.6 Å². The molecule has 0 aromatic carbocycles. The minimum absolute atomic E-state index is 0.145. The smallest absolute Gasteiger partial charge is 0.289 e. The Labute approximate surface area is 99.9 Å². The maximum Gasteiger partial charge on any atom is 0.289 e. The van der Waals surface area contributed by atoms with Gasteiger partial charge in [0.1, 0.15) is 0 Å². The van der Waals surface area contributed by atoms with Crippen LogP contribution in [0, 0.1) is 10.1 Å². The first kappa shape index (κ1) is 14.8. The molecule has 0 aliphatic heterocycles. The Kier molecular flexibility index (Phi) is 7.04. The van der Waals surface area contributed by atoms with Crippen molar-refractivity contribution in [2.24, 2.45) is 16.6 Å². The zero-order valence-electron chi connectivity index (χ0n) is 9.91. The second-order valence-corrected chi connectivity index (χ2v) is 3.00. The highest BCUT2D eigenvalue weighted by Gasteiger charge is 2.09. The minimum Gasteiger partial charge on any atom is -0.403 e. The molecule has 0 aromatic rings. The van der Waals surface area contributed by atoms with Crippen LogP contribution >= 0.6 is 0 Å². The molecule has 0 aliphatic carbocycles. The fourth-order valence-corrected chi connectivity index (χ4v) is 1.05. The van der Waals surface area contributed by atoms with E-state index in [0.717, 1.165) is 6.21 Å². The van der Waals surface area contributed by atoms with Crippen LogP contribution in [0.5, 0.6) is 0 Å². The number of nitrogens with zero attached hydrogens (tertiary/aromatic N) is 3. The Balaban J connectivity index is 5.27. The van der Waals surface area contributed by atoms with Gasteiger partial charge in [-0.15, -0.1) is 0 Å². The van der Waals surface area contributed by atoms with Crippen molar-refractivity contribution in [3.63, 3.8) is 0 Å². The third-order valence-electron chi connectivity index (χ3n) is 1.73. The summed E-state index contributed by atoms with van der Waals surface area (Å²) in [5.41, 5.74) is 5.53. The summed E-state index contributed by atoms with van der Waals surface area (Å²) in [5, 5.41) is 11.9. The average molecular weight is 239 g/mol. The molecule has 0 unspecified atom stereocenters. The largest absolute Gasteiger partial charge is 0.403 e. The molecule has 0 fully saturated rings. The van der Waals surface area contributed by atoms with E-state index in [1.54, 1.807) is 6.08 Å². The minimum atomic E-state index is -0.531. The van der Waals surface area contributed by atoms with E-state index in [1.165, 1.54) is 30.5 Å². The number of hydrogen-bond acceptors (Lipinski definition) is 6. The van der Waals surface area contributed by atoms with Crippen LogP contribution in [0.4, 0.5) is 0 Å². The lowest BCUT2D eigenvalue weighted by molar-refractivity contribution is -0.414. The number of aliphatic imine (C=N–C) groups is 1. The summed E-state index contributed by atoms with van der Waals surface area (Å²) in [5.74, 6) is 5.65. The summed E-state index contributed by atoms with van der Waals surface area (Å²) in [6, 6.07) is 0. The quantitative estimate of drug-likeness (QED) is 0.233. The number of nitrogens with two attached hydrogens (primary N) is 2. The molecule has 0 rings (SSSR count). The van der Waals surface area contributed by atoms with Crippen LogP contribution in [0.3, 0.4) is 0 Å². The van der Waals surface area contributed by atoms with Gasteiger partial charge in [0.2, 0.25) is 0 Å². The molecule has 0 heterocycles. The van der Waals surface area contributed by atoms with E-state index in [9.17, 15) is 10.1 Å². The fourth-order valence-electron chi connectivity index (χ4n) is 1.05. The summed E-state index contributed by atoms with van der Waals surface area (Å²) >= 11 is 0. The van der Waals surface area contributed by atoms with E-state index in [1.807, 2.05) is 6.92 Å². The Morgan fingerprint density at radius 3 is 2.65 bits per heavy atom. The van der Waals surface area contributed by atoms with Gasteiger partial charge in [-0.1, -0.05) is 13.0 Å². The normalized spacial score (nSPS) is 13.6. The van der Waals surface area contributed by atoms with Gasteiger partial charge < -0.3 is 5.73 Å². The summed E-state index contributed by atoms with van der Waals surface area (Å²) in [4.78, 5) is 13.8. The predicted octanol–water partition coefficient (Wildman–Crippen LogP) is 0.747. The van der Waals surface area contributed by atoms with Gasteiger partial charge >= 0.3 is 0 Å². The second kappa shape index (κ2) is 8.05. The Morgan fingerprint density at radius 2 is 2.24 bits per heavy atom. The molecule has 0 amide bonds. The van der Waals surface area contributed by atoms with Crippen LogP contribution < -0.4 is 11.6 Å². The topological polar surface area (TPSA) is 111 Å². The van der Waals surface area contributed by atoms with Crippen LogP contribution in [0.1, 0.15) is 13.3 Å². The van der Waals surface area contributed by atoms with Gasteiger partial charge in [-0.2, -0.15) is 0 Å². The van der Waals surface area contributed by atoms with Crippen molar-refractivity contribution < 1.29 is 4.92 Å². The van der Waals surface area contributed by atoms with Crippen molar-refractivity contribution in [3.05, 3.63) is 46.1 Å². The Morgan fingerprint density at radius 1 is 1.59 bits per heavy atom. The maximum atomic E-state index is 10.7. The van der Waals surface area contributed by atoms with E-state index < -0.39 is 4.92 Å². The molecule has 94 valence electrons. The van der Waals surface area contributed by atoms with Crippen molar-refractivity contribution in [2.45, 2.75) is 13.3 Å². The molecule has 7 nitrogen and oxygen atoms in total. The van der Waals surface area contributed by atoms with Gasteiger partial charge in [-0.3, -0.25) is 20.1 Å². The van der Waals surface area contributed by atoms with Gasteiger partial charge in [-0.05, 0) is 6.42 Å². The number of rotatable bonds is 6. The third kappa shape index (κ3) is 5.47. The average Bonchev–Trinajstić information content (AvgIpc) is 2.27. The summed E-state index contributed by atoms with van der Waals surface area (Å²) < 4.78 is 0. The molecule has 0 aromatic heterocycles. The molecule has 4 N–H and O–H groups in total. The zero-order valence-corrected chi connectivity index (χ0v) is 9.91. The van der Waals surface area contributed by atoms with Crippen LogP contribution in [0.2, 0.25) is 0 Å². The van der Waals surface area contributed by atoms with Crippen LogP contribution in [0.15, 0.2) is 40.9 Å². The summed E-state index contributed by atoms with van der Waals surface area (Å²) in [6.45, 7) is 1.90. The number of nitro groups is 1. The standard InChI is InChI=1S/C10H17N5O2/c1-3-4-9(14(12)6-5-11)7-10(8-13-2)15(16)17/h4-8H,3,11-12H2,1-2H3/b6-5-,9-4-,10-7+,13-8-. The van der Waals surface area contributed by atoms with Crippen molar-refractivity contribution in [3.8, 4) is 0 Å². The molecule has 0 aliphatic rings. The zero-order chi connectivity index (χ0) is 13.3. The Bertz CT molecular complexity index is 371. The molecule has 0 radical (unpaired) electrons. The molecule has 0 spiro atoms. The van der Waals surface area contributed by atoms with Gasteiger partial charge in [0.15, 0.2) is 0 Å². The first-order valence-electron chi connectivity index (χ1n) is 4.97. The monoisotopic (exact) mass is 239 g/mol. The third-order valence-corrected chi connectivity index (χ3v) is 1.73. The van der Waals surface area contributed by atoms with E-state index in [0.29, 0.717) is 12.1 Å². The molecule has 0 atom stereocenters. The van der Waals surface area contributed by atoms with Crippen LogP contribution in [0.25, 0.3) is 0 Å². The molecule has 0 saturated carbocycles. The van der Waals surface area contributed by atoms with Gasteiger partial charge in [0, 0.05) is 25.5 Å². The highest BCUT2D eigenvalue weighted by molar-refractivity contribution is 5.76. The van der Waals surface area contributed by atoms with E-state index >= 15 is 0 Å². The van der Waals surface area contributed by atoms with E-state index in [2.05, 4.69) is 4.99 Å². The Hall–Kier alpha value is -2.15. The second-order valence-electron chi connectivity index (χ2n) is 3.00. The summed E-state index contributed by atoms with van der Waals surface area (Å²) in [7, 11) is 1.46. The predicted molar refractivity (Wildman–Crippen MR) is 67.2 cm³/mol. The molecule has 0 bridgehead atoms. The fraction of sp³-hybridized carbons (Fsp3) is 0.300. The molecular weight excluding hydrogens is 222 g/mol. The van der Waals surface area contributed by atoms with Crippen LogP contribution in [-0.4, -0.2) is 23.2 Å².